The van der Waals surface area contributed by atoms with Crippen LogP contribution in [0.15, 0.2) is 18.3 Å². The topological polar surface area (TPSA) is 54.5 Å². The van der Waals surface area contributed by atoms with Crippen LogP contribution in [0.2, 0.25) is 0 Å². The highest BCUT2D eigenvalue weighted by atomic mass is 16.5. The van der Waals surface area contributed by atoms with Crippen LogP contribution in [0.5, 0.6) is 0 Å². The Kier molecular flexibility index (Phi) is 6.29. The van der Waals surface area contributed by atoms with Crippen LogP contribution in [0.3, 0.4) is 0 Å². The molecule has 138 valence electrons. The summed E-state index contributed by atoms with van der Waals surface area (Å²) in [4.78, 5) is 19.7. The quantitative estimate of drug-likeness (QED) is 0.860. The summed E-state index contributed by atoms with van der Waals surface area (Å²) in [7, 11) is 1.68. The molecule has 1 aliphatic carbocycles. The van der Waals surface area contributed by atoms with E-state index >= 15 is 0 Å². The summed E-state index contributed by atoms with van der Waals surface area (Å²) in [5, 5.41) is 3.15. The number of anilines is 1. The first-order valence-corrected chi connectivity index (χ1v) is 9.71. The molecule has 1 saturated carbocycles. The predicted molar refractivity (Wildman–Crippen MR) is 99.5 cm³/mol. The van der Waals surface area contributed by atoms with E-state index in [4.69, 9.17) is 4.74 Å². The second-order valence-corrected chi connectivity index (χ2v) is 7.49. The smallest absolute Gasteiger partial charge is 0.228 e. The van der Waals surface area contributed by atoms with Gasteiger partial charge in [-0.2, -0.15) is 0 Å². The molecule has 1 aromatic rings. The molecule has 1 N–H and O–H groups in total. The molecule has 0 aromatic carbocycles. The Hall–Kier alpha value is -1.62. The van der Waals surface area contributed by atoms with Gasteiger partial charge in [-0.25, -0.2) is 4.98 Å². The average molecular weight is 345 g/mol. The minimum absolute atomic E-state index is 0.128. The molecule has 0 atom stereocenters. The highest BCUT2D eigenvalue weighted by Gasteiger charge is 2.44. The van der Waals surface area contributed by atoms with Gasteiger partial charge in [0.05, 0.1) is 12.0 Å². The van der Waals surface area contributed by atoms with Crippen molar-refractivity contribution in [3.63, 3.8) is 0 Å². The van der Waals surface area contributed by atoms with Crippen LogP contribution in [-0.4, -0.2) is 37.7 Å². The summed E-state index contributed by atoms with van der Waals surface area (Å²) >= 11 is 0. The Morgan fingerprint density at radius 2 is 1.92 bits per heavy atom. The van der Waals surface area contributed by atoms with Crippen molar-refractivity contribution in [3.05, 3.63) is 23.9 Å². The molecule has 2 aliphatic rings. The first-order chi connectivity index (χ1) is 12.2. The number of hydrogen-bond acceptors (Lipinski definition) is 4. The number of carbonyl (C=O) groups excluding carboxylic acids is 1. The summed E-state index contributed by atoms with van der Waals surface area (Å²) in [5.41, 5.74) is 0.806. The second kappa shape index (κ2) is 8.65. The number of rotatable bonds is 6. The van der Waals surface area contributed by atoms with Gasteiger partial charge in [-0.3, -0.25) is 4.79 Å². The number of ether oxygens (including phenoxy) is 1. The fourth-order valence-corrected chi connectivity index (χ4v) is 3.99. The molecule has 3 rings (SSSR count). The Morgan fingerprint density at radius 1 is 1.20 bits per heavy atom. The minimum Gasteiger partial charge on any atom is -0.384 e. The van der Waals surface area contributed by atoms with E-state index in [9.17, 15) is 4.79 Å². The maximum absolute atomic E-state index is 12.7. The van der Waals surface area contributed by atoms with Crippen molar-refractivity contribution in [2.45, 2.75) is 57.9 Å². The standard InChI is InChI=1S/C20H31N3O2/c1-25-16-20(10-8-11-20)19(24)22-15-17-9-7-12-21-18(17)23-13-5-3-2-4-6-14-23/h7,9,12H,2-6,8,10-11,13-16H2,1H3,(H,22,24). The molecule has 0 bridgehead atoms. The highest BCUT2D eigenvalue weighted by Crippen LogP contribution is 2.41. The van der Waals surface area contributed by atoms with Gasteiger partial charge in [0.2, 0.25) is 5.91 Å². The molecular formula is C20H31N3O2. The number of pyridine rings is 1. The van der Waals surface area contributed by atoms with Crippen molar-refractivity contribution in [1.82, 2.24) is 10.3 Å². The minimum atomic E-state index is -0.308. The molecule has 0 radical (unpaired) electrons. The van der Waals surface area contributed by atoms with Crippen molar-refractivity contribution in [2.75, 3.05) is 31.7 Å². The number of nitrogens with zero attached hydrogens (tertiary/aromatic N) is 2. The van der Waals surface area contributed by atoms with Crippen LogP contribution in [-0.2, 0) is 16.1 Å². The lowest BCUT2D eigenvalue weighted by Gasteiger charge is -2.39. The molecule has 1 saturated heterocycles. The zero-order chi connectivity index (χ0) is 17.5. The highest BCUT2D eigenvalue weighted by molar-refractivity contribution is 5.83. The molecule has 1 amide bonds. The lowest BCUT2D eigenvalue weighted by Crippen LogP contribution is -2.48. The van der Waals surface area contributed by atoms with Gasteiger partial charge in [-0.05, 0) is 31.7 Å². The third-order valence-electron chi connectivity index (χ3n) is 5.68. The van der Waals surface area contributed by atoms with Gasteiger partial charge in [-0.15, -0.1) is 0 Å². The zero-order valence-electron chi connectivity index (χ0n) is 15.4. The first-order valence-electron chi connectivity index (χ1n) is 9.71. The molecule has 0 unspecified atom stereocenters. The molecule has 1 aromatic heterocycles. The van der Waals surface area contributed by atoms with Crippen LogP contribution in [0.25, 0.3) is 0 Å². The monoisotopic (exact) mass is 345 g/mol. The number of methoxy groups -OCH3 is 1. The van der Waals surface area contributed by atoms with E-state index in [2.05, 4.69) is 21.3 Å². The predicted octanol–water partition coefficient (Wildman–Crippen LogP) is 3.29. The molecule has 0 spiro atoms. The molecule has 5 heteroatoms. The van der Waals surface area contributed by atoms with Gasteiger partial charge in [0, 0.05) is 38.5 Å². The van der Waals surface area contributed by atoms with Crippen molar-refractivity contribution >= 4 is 11.7 Å². The van der Waals surface area contributed by atoms with Gasteiger partial charge in [0.15, 0.2) is 0 Å². The van der Waals surface area contributed by atoms with E-state index < -0.39 is 0 Å². The van der Waals surface area contributed by atoms with Crippen molar-refractivity contribution in [3.8, 4) is 0 Å². The molecule has 1 aliphatic heterocycles. The maximum atomic E-state index is 12.7. The van der Waals surface area contributed by atoms with Gasteiger partial charge < -0.3 is 15.0 Å². The largest absolute Gasteiger partial charge is 0.384 e. The Labute approximate surface area is 151 Å². The van der Waals surface area contributed by atoms with Gasteiger partial charge in [0.25, 0.3) is 0 Å². The fourth-order valence-electron chi connectivity index (χ4n) is 3.99. The SMILES string of the molecule is COCC1(C(=O)NCc2cccnc2N2CCCCCCC2)CCC1. The van der Waals surface area contributed by atoms with E-state index in [1.165, 1.54) is 32.1 Å². The number of nitrogens with one attached hydrogen (secondary N) is 1. The van der Waals surface area contributed by atoms with E-state index in [1.54, 1.807) is 7.11 Å². The van der Waals surface area contributed by atoms with Crippen molar-refractivity contribution < 1.29 is 9.53 Å². The summed E-state index contributed by atoms with van der Waals surface area (Å²) in [6, 6.07) is 4.05. The Morgan fingerprint density at radius 3 is 2.56 bits per heavy atom. The summed E-state index contributed by atoms with van der Waals surface area (Å²) < 4.78 is 5.29. The lowest BCUT2D eigenvalue weighted by molar-refractivity contribution is -0.140. The zero-order valence-corrected chi connectivity index (χ0v) is 15.4. The van der Waals surface area contributed by atoms with Crippen molar-refractivity contribution in [2.24, 2.45) is 5.41 Å². The molecular weight excluding hydrogens is 314 g/mol. The van der Waals surface area contributed by atoms with Crippen LogP contribution < -0.4 is 10.2 Å². The Bertz CT molecular complexity index is 564. The number of aromatic nitrogens is 1. The third kappa shape index (κ3) is 4.32. The van der Waals surface area contributed by atoms with Gasteiger partial charge >= 0.3 is 0 Å². The normalized spacial score (nSPS) is 20.3. The molecule has 2 fully saturated rings. The van der Waals surface area contributed by atoms with E-state index in [-0.39, 0.29) is 11.3 Å². The fraction of sp³-hybridized carbons (Fsp3) is 0.700. The Balaban J connectivity index is 1.65. The first kappa shape index (κ1) is 18.2. The maximum Gasteiger partial charge on any atom is 0.228 e. The van der Waals surface area contributed by atoms with Crippen LogP contribution in [0, 0.1) is 5.41 Å². The third-order valence-corrected chi connectivity index (χ3v) is 5.68. The lowest BCUT2D eigenvalue weighted by atomic mass is 9.68. The van der Waals surface area contributed by atoms with Crippen LogP contribution in [0.4, 0.5) is 5.82 Å². The summed E-state index contributed by atoms with van der Waals surface area (Å²) in [5.74, 6) is 1.17. The van der Waals surface area contributed by atoms with Crippen LogP contribution in [0.1, 0.15) is 56.9 Å². The average Bonchev–Trinajstić information content (AvgIpc) is 2.56. The van der Waals surface area contributed by atoms with Gasteiger partial charge in [-0.1, -0.05) is 31.7 Å². The molecule has 2 heterocycles. The summed E-state index contributed by atoms with van der Waals surface area (Å²) in [6.45, 7) is 3.19. The van der Waals surface area contributed by atoms with Crippen LogP contribution >= 0.6 is 0 Å². The van der Waals surface area contributed by atoms with E-state index in [0.717, 1.165) is 43.7 Å². The van der Waals surface area contributed by atoms with Crippen molar-refractivity contribution in [1.29, 1.82) is 0 Å². The van der Waals surface area contributed by atoms with E-state index in [0.29, 0.717) is 13.2 Å². The number of hydrogen-bond donors (Lipinski definition) is 1. The number of amides is 1. The number of carbonyl (C=O) groups is 1. The molecule has 5 nitrogen and oxygen atoms in total. The summed E-state index contributed by atoms with van der Waals surface area (Å²) in [6.07, 6.45) is 11.2. The van der Waals surface area contributed by atoms with E-state index in [1.807, 2.05) is 12.3 Å². The van der Waals surface area contributed by atoms with Gasteiger partial charge in [0.1, 0.15) is 5.82 Å². The second-order valence-electron chi connectivity index (χ2n) is 7.49. The molecule has 25 heavy (non-hydrogen) atoms.